The van der Waals surface area contributed by atoms with E-state index in [0.29, 0.717) is 11.1 Å². The lowest BCUT2D eigenvalue weighted by molar-refractivity contribution is 0.135. The minimum absolute atomic E-state index is 0.0659. The van der Waals surface area contributed by atoms with Crippen molar-refractivity contribution >= 4 is 26.0 Å². The van der Waals surface area contributed by atoms with Crippen molar-refractivity contribution < 1.29 is 22.7 Å². The van der Waals surface area contributed by atoms with Crippen molar-refractivity contribution in [2.75, 3.05) is 26.3 Å². The van der Waals surface area contributed by atoms with Gasteiger partial charge in [0.25, 0.3) is 0 Å². The molecule has 0 heterocycles. The molecule has 5 nitrogen and oxygen atoms in total. The third-order valence-electron chi connectivity index (χ3n) is 2.91. The van der Waals surface area contributed by atoms with E-state index >= 15 is 0 Å². The van der Waals surface area contributed by atoms with E-state index in [0.717, 1.165) is 4.31 Å². The molecule has 1 aromatic carbocycles. The lowest BCUT2D eigenvalue weighted by atomic mass is 10.2. The average Bonchev–Trinajstić information content (AvgIpc) is 2.45. The number of aliphatic hydroxyl groups is 1. The van der Waals surface area contributed by atoms with Crippen molar-refractivity contribution in [2.24, 2.45) is 0 Å². The highest BCUT2D eigenvalue weighted by molar-refractivity contribution is 9.10. The zero-order valence-electron chi connectivity index (χ0n) is 12.0. The van der Waals surface area contributed by atoms with Gasteiger partial charge in [0.2, 0.25) is 10.0 Å². The van der Waals surface area contributed by atoms with Crippen LogP contribution in [0.3, 0.4) is 0 Å². The summed E-state index contributed by atoms with van der Waals surface area (Å²) in [7, 11) is -3.98. The van der Waals surface area contributed by atoms with Crippen molar-refractivity contribution in [3.8, 4) is 0 Å². The van der Waals surface area contributed by atoms with Crippen molar-refractivity contribution in [1.82, 2.24) is 4.31 Å². The highest BCUT2D eigenvalue weighted by Crippen LogP contribution is 2.26. The maximum atomic E-state index is 14.2. The standard InChI is InChI=1S/C13H19BrFNO4S/c1-3-16(5-6-20-4-2)21(18,19)12-8-11(14)7-10(9-17)13(12)15/h7-8,17H,3-6,9H2,1-2H3. The minimum atomic E-state index is -3.98. The molecular weight excluding hydrogens is 365 g/mol. The van der Waals surface area contributed by atoms with E-state index in [9.17, 15) is 12.8 Å². The summed E-state index contributed by atoms with van der Waals surface area (Å²) in [4.78, 5) is -0.445. The molecule has 0 saturated heterocycles. The van der Waals surface area contributed by atoms with Crippen molar-refractivity contribution in [3.05, 3.63) is 28.0 Å². The molecule has 0 aromatic heterocycles. The number of halogens is 2. The van der Waals surface area contributed by atoms with Gasteiger partial charge in [-0.1, -0.05) is 22.9 Å². The quantitative estimate of drug-likeness (QED) is 0.698. The predicted molar refractivity (Wildman–Crippen MR) is 80.9 cm³/mol. The number of hydrogen-bond acceptors (Lipinski definition) is 4. The smallest absolute Gasteiger partial charge is 0.246 e. The fourth-order valence-electron chi connectivity index (χ4n) is 1.82. The number of sulfonamides is 1. The molecule has 0 aliphatic heterocycles. The van der Waals surface area contributed by atoms with Crippen molar-refractivity contribution in [1.29, 1.82) is 0 Å². The van der Waals surface area contributed by atoms with E-state index in [1.807, 2.05) is 6.92 Å². The van der Waals surface area contributed by atoms with E-state index in [1.54, 1.807) is 6.92 Å². The van der Waals surface area contributed by atoms with E-state index in [4.69, 9.17) is 9.84 Å². The fourth-order valence-corrected chi connectivity index (χ4v) is 4.04. The lowest BCUT2D eigenvalue weighted by Gasteiger charge is -2.21. The Morgan fingerprint density at radius 1 is 1.38 bits per heavy atom. The molecule has 1 rings (SSSR count). The molecule has 1 aromatic rings. The third kappa shape index (κ3) is 4.46. The summed E-state index contributed by atoms with van der Waals surface area (Å²) >= 11 is 3.13. The summed E-state index contributed by atoms with van der Waals surface area (Å²) in [5.74, 6) is -0.921. The van der Waals surface area contributed by atoms with Gasteiger partial charge in [0.1, 0.15) is 10.7 Å². The van der Waals surface area contributed by atoms with Crippen LogP contribution in [0.25, 0.3) is 0 Å². The molecule has 8 heteroatoms. The second kappa shape index (κ2) is 8.19. The van der Waals surface area contributed by atoms with Crippen LogP contribution in [0.1, 0.15) is 19.4 Å². The Morgan fingerprint density at radius 2 is 2.05 bits per heavy atom. The predicted octanol–water partition coefficient (Wildman–Crippen LogP) is 2.13. The topological polar surface area (TPSA) is 66.8 Å². The number of rotatable bonds is 8. The van der Waals surface area contributed by atoms with Crippen molar-refractivity contribution in [2.45, 2.75) is 25.3 Å². The Kier molecular flexibility index (Phi) is 7.22. The average molecular weight is 384 g/mol. The monoisotopic (exact) mass is 383 g/mol. The van der Waals surface area contributed by atoms with Crippen LogP contribution in [0, 0.1) is 5.82 Å². The first-order valence-electron chi connectivity index (χ1n) is 6.55. The highest BCUT2D eigenvalue weighted by atomic mass is 79.9. The molecule has 0 aliphatic rings. The summed E-state index contributed by atoms with van der Waals surface area (Å²) in [6, 6.07) is 2.55. The van der Waals surface area contributed by atoms with Gasteiger partial charge in [-0.2, -0.15) is 4.31 Å². The fraction of sp³-hybridized carbons (Fsp3) is 0.538. The molecule has 0 saturated carbocycles. The highest BCUT2D eigenvalue weighted by Gasteiger charge is 2.28. The largest absolute Gasteiger partial charge is 0.392 e. The van der Waals surface area contributed by atoms with Gasteiger partial charge >= 0.3 is 0 Å². The summed E-state index contributed by atoms with van der Waals surface area (Å²) in [6.07, 6.45) is 0. The Bertz CT molecular complexity index is 580. The number of nitrogens with zero attached hydrogens (tertiary/aromatic N) is 1. The Labute approximate surface area is 132 Å². The molecular formula is C13H19BrFNO4S. The summed E-state index contributed by atoms with van der Waals surface area (Å²) < 4.78 is 46.0. The first kappa shape index (κ1) is 18.5. The van der Waals surface area contributed by atoms with Crippen LogP contribution >= 0.6 is 15.9 Å². The molecule has 0 spiro atoms. The summed E-state index contributed by atoms with van der Waals surface area (Å²) in [5.41, 5.74) is -0.0659. The second-order valence-electron chi connectivity index (χ2n) is 4.23. The first-order valence-corrected chi connectivity index (χ1v) is 8.78. The van der Waals surface area contributed by atoms with Crippen LogP contribution < -0.4 is 0 Å². The third-order valence-corrected chi connectivity index (χ3v) is 5.34. The van der Waals surface area contributed by atoms with Crippen LogP contribution in [0.2, 0.25) is 0 Å². The molecule has 1 N–H and O–H groups in total. The Balaban J connectivity index is 3.19. The van der Waals surface area contributed by atoms with Crippen LogP contribution in [0.5, 0.6) is 0 Å². The first-order chi connectivity index (χ1) is 9.88. The van der Waals surface area contributed by atoms with Crippen LogP contribution in [-0.2, 0) is 21.4 Å². The molecule has 0 atom stereocenters. The van der Waals surface area contributed by atoms with Gasteiger partial charge in [-0.3, -0.25) is 0 Å². The van der Waals surface area contributed by atoms with Gasteiger partial charge < -0.3 is 9.84 Å². The van der Waals surface area contributed by atoms with Gasteiger partial charge in [-0.15, -0.1) is 0 Å². The maximum absolute atomic E-state index is 14.2. The number of hydrogen-bond donors (Lipinski definition) is 1. The number of likely N-dealkylation sites (N-methyl/N-ethyl adjacent to an activating group) is 1. The van der Waals surface area contributed by atoms with Gasteiger partial charge in [-0.05, 0) is 19.1 Å². The van der Waals surface area contributed by atoms with Gasteiger partial charge in [0.15, 0.2) is 0 Å². The SMILES string of the molecule is CCOCCN(CC)S(=O)(=O)c1cc(Br)cc(CO)c1F. The normalized spacial score (nSPS) is 12.1. The molecule has 120 valence electrons. The number of ether oxygens (including phenoxy) is 1. The maximum Gasteiger partial charge on any atom is 0.246 e. The number of benzene rings is 1. The molecule has 0 unspecified atom stereocenters. The molecule has 0 fully saturated rings. The summed E-state index contributed by atoms with van der Waals surface area (Å²) in [6.45, 7) is 3.99. The van der Waals surface area contributed by atoms with E-state index in [2.05, 4.69) is 15.9 Å². The minimum Gasteiger partial charge on any atom is -0.392 e. The zero-order valence-corrected chi connectivity index (χ0v) is 14.4. The number of aliphatic hydroxyl groups excluding tert-OH is 1. The van der Waals surface area contributed by atoms with Gasteiger partial charge in [0.05, 0.1) is 13.2 Å². The van der Waals surface area contributed by atoms with E-state index in [1.165, 1.54) is 12.1 Å². The Morgan fingerprint density at radius 3 is 2.57 bits per heavy atom. The lowest BCUT2D eigenvalue weighted by Crippen LogP contribution is -2.34. The molecule has 0 bridgehead atoms. The van der Waals surface area contributed by atoms with Crippen LogP contribution in [0.4, 0.5) is 4.39 Å². The van der Waals surface area contributed by atoms with E-state index < -0.39 is 27.3 Å². The summed E-state index contributed by atoms with van der Waals surface area (Å²) in [5, 5.41) is 9.11. The molecule has 0 aliphatic carbocycles. The Hall–Kier alpha value is -0.540. The van der Waals surface area contributed by atoms with Gasteiger partial charge in [-0.25, -0.2) is 12.8 Å². The second-order valence-corrected chi connectivity index (χ2v) is 7.05. The van der Waals surface area contributed by atoms with Gasteiger partial charge in [0, 0.05) is 29.7 Å². The van der Waals surface area contributed by atoms with Crippen LogP contribution in [-0.4, -0.2) is 44.1 Å². The zero-order chi connectivity index (χ0) is 16.0. The van der Waals surface area contributed by atoms with Crippen LogP contribution in [0.15, 0.2) is 21.5 Å². The molecule has 0 amide bonds. The molecule has 0 radical (unpaired) electrons. The molecule has 21 heavy (non-hydrogen) atoms. The van der Waals surface area contributed by atoms with E-state index in [-0.39, 0.29) is 25.3 Å². The van der Waals surface area contributed by atoms with Crippen molar-refractivity contribution in [3.63, 3.8) is 0 Å².